The van der Waals surface area contributed by atoms with Crippen molar-refractivity contribution in [3.63, 3.8) is 0 Å². The molecule has 0 amide bonds. The van der Waals surface area contributed by atoms with E-state index < -0.39 is 21.2 Å². The number of hydrogen-bond acceptors (Lipinski definition) is 5. The van der Waals surface area contributed by atoms with Crippen molar-refractivity contribution in [3.8, 4) is 0 Å². The molecular formula is C9H21BrN2O4S. The number of nitrogens with one attached hydrogen (secondary N) is 1. The molecule has 0 aromatic carbocycles. The molecule has 0 aliphatic carbocycles. The van der Waals surface area contributed by atoms with Crippen LogP contribution in [-0.4, -0.2) is 32.9 Å². The van der Waals surface area contributed by atoms with E-state index >= 15 is 0 Å². The van der Waals surface area contributed by atoms with Crippen LogP contribution in [0.5, 0.6) is 0 Å². The van der Waals surface area contributed by atoms with E-state index in [2.05, 4.69) is 4.72 Å². The highest BCUT2D eigenvalue weighted by molar-refractivity contribution is 8.93. The molecule has 1 unspecified atom stereocenters. The van der Waals surface area contributed by atoms with Gasteiger partial charge in [0.2, 0.25) is 10.0 Å². The largest absolute Gasteiger partial charge is 0.465 e. The lowest BCUT2D eigenvalue weighted by atomic mass is 10.1. The monoisotopic (exact) mass is 332 g/mol. The molecule has 0 fully saturated rings. The van der Waals surface area contributed by atoms with Gasteiger partial charge in [-0.15, -0.1) is 17.0 Å². The minimum absolute atomic E-state index is 0. The molecule has 0 radical (unpaired) electrons. The highest BCUT2D eigenvalue weighted by Gasteiger charge is 2.33. The number of esters is 1. The highest BCUT2D eigenvalue weighted by atomic mass is 79.9. The van der Waals surface area contributed by atoms with Crippen molar-refractivity contribution in [2.24, 2.45) is 11.7 Å². The zero-order valence-electron chi connectivity index (χ0n) is 10.3. The van der Waals surface area contributed by atoms with E-state index in [0.29, 0.717) is 0 Å². The third kappa shape index (κ3) is 6.97. The first-order valence-corrected chi connectivity index (χ1v) is 6.75. The van der Waals surface area contributed by atoms with Crippen LogP contribution in [-0.2, 0) is 19.6 Å². The van der Waals surface area contributed by atoms with E-state index in [1.54, 1.807) is 6.92 Å². The molecule has 0 rings (SSSR count). The van der Waals surface area contributed by atoms with Gasteiger partial charge in [0.1, 0.15) is 0 Å². The lowest BCUT2D eigenvalue weighted by molar-refractivity contribution is -0.142. The third-order valence-electron chi connectivity index (χ3n) is 1.89. The summed E-state index contributed by atoms with van der Waals surface area (Å²) in [6.45, 7) is 5.24. The Morgan fingerprint density at radius 3 is 2.29 bits per heavy atom. The van der Waals surface area contributed by atoms with E-state index in [0.717, 1.165) is 0 Å². The van der Waals surface area contributed by atoms with Crippen molar-refractivity contribution in [1.82, 2.24) is 4.72 Å². The summed E-state index contributed by atoms with van der Waals surface area (Å²) >= 11 is 0. The Bertz CT molecular complexity index is 319. The maximum Gasteiger partial charge on any atom is 0.325 e. The molecule has 0 aliphatic heterocycles. The Hall–Kier alpha value is -0.180. The lowest BCUT2D eigenvalue weighted by Crippen LogP contribution is -2.43. The van der Waals surface area contributed by atoms with Gasteiger partial charge in [0.25, 0.3) is 0 Å². The number of halogens is 1. The van der Waals surface area contributed by atoms with Crippen LogP contribution in [0.4, 0.5) is 0 Å². The smallest absolute Gasteiger partial charge is 0.325 e. The summed E-state index contributed by atoms with van der Waals surface area (Å²) in [5.74, 6) is -0.652. The average molecular weight is 333 g/mol. The molecule has 104 valence electrons. The Kier molecular flexibility index (Phi) is 9.97. The molecule has 6 nitrogen and oxygen atoms in total. The standard InChI is InChI=1S/C9H20N2O4S.BrH/c1-4-15-9(12)8(5-7(2)3)16(13,14)11-6-10;/h7-8,11H,4-6,10H2,1-3H3;1H. The summed E-state index contributed by atoms with van der Waals surface area (Å²) in [7, 11) is -3.74. The molecule has 3 N–H and O–H groups in total. The number of carbonyl (C=O) groups excluding carboxylic acids is 1. The van der Waals surface area contributed by atoms with Gasteiger partial charge < -0.3 is 10.5 Å². The number of carbonyl (C=O) groups is 1. The van der Waals surface area contributed by atoms with Gasteiger partial charge in [-0.2, -0.15) is 0 Å². The molecule has 17 heavy (non-hydrogen) atoms. The molecule has 0 aromatic heterocycles. The van der Waals surface area contributed by atoms with Crippen LogP contribution in [0.15, 0.2) is 0 Å². The maximum absolute atomic E-state index is 11.7. The summed E-state index contributed by atoms with van der Waals surface area (Å²) in [6, 6.07) is 0. The van der Waals surface area contributed by atoms with Crippen LogP contribution >= 0.6 is 17.0 Å². The maximum atomic E-state index is 11.7. The van der Waals surface area contributed by atoms with Crippen molar-refractivity contribution in [2.75, 3.05) is 13.3 Å². The quantitative estimate of drug-likeness (QED) is 0.518. The van der Waals surface area contributed by atoms with Crippen LogP contribution < -0.4 is 10.5 Å². The summed E-state index contributed by atoms with van der Waals surface area (Å²) in [5, 5.41) is -1.18. The molecule has 0 bridgehead atoms. The van der Waals surface area contributed by atoms with Crippen molar-refractivity contribution in [2.45, 2.75) is 32.4 Å². The van der Waals surface area contributed by atoms with Crippen LogP contribution in [0.25, 0.3) is 0 Å². The second-order valence-electron chi connectivity index (χ2n) is 3.76. The van der Waals surface area contributed by atoms with E-state index in [4.69, 9.17) is 10.5 Å². The van der Waals surface area contributed by atoms with Crippen LogP contribution in [0.2, 0.25) is 0 Å². The van der Waals surface area contributed by atoms with Crippen molar-refractivity contribution in [3.05, 3.63) is 0 Å². The Balaban J connectivity index is 0. The minimum atomic E-state index is -3.74. The first-order valence-electron chi connectivity index (χ1n) is 5.20. The van der Waals surface area contributed by atoms with E-state index in [9.17, 15) is 13.2 Å². The zero-order valence-corrected chi connectivity index (χ0v) is 12.8. The first-order chi connectivity index (χ1) is 7.35. The van der Waals surface area contributed by atoms with Crippen LogP contribution in [0, 0.1) is 5.92 Å². The van der Waals surface area contributed by atoms with Gasteiger partial charge in [-0.05, 0) is 19.3 Å². The molecule has 1 atom stereocenters. The highest BCUT2D eigenvalue weighted by Crippen LogP contribution is 2.13. The number of hydrogen-bond donors (Lipinski definition) is 2. The fraction of sp³-hybridized carbons (Fsp3) is 0.889. The summed E-state index contributed by atoms with van der Waals surface area (Å²) in [5.41, 5.74) is 5.11. The fourth-order valence-corrected chi connectivity index (χ4v) is 2.62. The molecule has 8 heteroatoms. The van der Waals surface area contributed by atoms with E-state index in [1.165, 1.54) is 0 Å². The van der Waals surface area contributed by atoms with Gasteiger partial charge in [-0.25, -0.2) is 13.1 Å². The number of sulfonamides is 1. The molecule has 0 spiro atoms. The molecule has 0 aliphatic rings. The molecule has 0 saturated heterocycles. The normalized spacial score (nSPS) is 13.0. The van der Waals surface area contributed by atoms with Gasteiger partial charge in [0.15, 0.2) is 5.25 Å². The van der Waals surface area contributed by atoms with Crippen LogP contribution in [0.1, 0.15) is 27.2 Å². The Morgan fingerprint density at radius 1 is 1.41 bits per heavy atom. The minimum Gasteiger partial charge on any atom is -0.465 e. The fourth-order valence-electron chi connectivity index (χ4n) is 1.23. The SMILES string of the molecule is Br.CCOC(=O)C(CC(C)C)S(=O)(=O)NCN. The Labute approximate surface area is 113 Å². The van der Waals surface area contributed by atoms with Crippen molar-refractivity contribution < 1.29 is 17.9 Å². The number of nitrogens with two attached hydrogens (primary N) is 1. The second-order valence-corrected chi connectivity index (χ2v) is 5.71. The predicted molar refractivity (Wildman–Crippen MR) is 71.3 cm³/mol. The van der Waals surface area contributed by atoms with Crippen molar-refractivity contribution >= 4 is 33.0 Å². The third-order valence-corrected chi connectivity index (χ3v) is 3.60. The van der Waals surface area contributed by atoms with Gasteiger partial charge in [0, 0.05) is 0 Å². The molecule has 0 aromatic rings. The van der Waals surface area contributed by atoms with Crippen LogP contribution in [0.3, 0.4) is 0 Å². The van der Waals surface area contributed by atoms with E-state index in [-0.39, 0.29) is 42.6 Å². The van der Waals surface area contributed by atoms with Gasteiger partial charge in [-0.3, -0.25) is 4.79 Å². The van der Waals surface area contributed by atoms with E-state index in [1.807, 2.05) is 13.8 Å². The van der Waals surface area contributed by atoms with Gasteiger partial charge in [-0.1, -0.05) is 13.8 Å². The average Bonchev–Trinajstić information content (AvgIpc) is 2.13. The molecule has 0 saturated carbocycles. The predicted octanol–water partition coefficient (Wildman–Crippen LogP) is 0.378. The lowest BCUT2D eigenvalue weighted by Gasteiger charge is -2.17. The summed E-state index contributed by atoms with van der Waals surface area (Å²) in [4.78, 5) is 11.5. The zero-order chi connectivity index (χ0) is 12.8. The summed E-state index contributed by atoms with van der Waals surface area (Å²) < 4.78 is 30.2. The number of ether oxygens (including phenoxy) is 1. The Morgan fingerprint density at radius 2 is 1.94 bits per heavy atom. The number of rotatable bonds is 7. The molecule has 0 heterocycles. The van der Waals surface area contributed by atoms with Gasteiger partial charge in [0.05, 0.1) is 13.3 Å². The topological polar surface area (TPSA) is 98.5 Å². The first kappa shape index (κ1) is 19.2. The summed E-state index contributed by atoms with van der Waals surface area (Å²) in [6.07, 6.45) is 0.216. The van der Waals surface area contributed by atoms with Crippen molar-refractivity contribution in [1.29, 1.82) is 0 Å². The second kappa shape index (κ2) is 8.84. The molecular weight excluding hydrogens is 312 g/mol. The van der Waals surface area contributed by atoms with Gasteiger partial charge >= 0.3 is 5.97 Å².